The van der Waals surface area contributed by atoms with Gasteiger partial charge in [-0.3, -0.25) is 4.98 Å². The lowest BCUT2D eigenvalue weighted by molar-refractivity contribution is 0.881. The van der Waals surface area contributed by atoms with Crippen molar-refractivity contribution >= 4 is 23.2 Å². The fraction of sp³-hybridized carbons (Fsp3) is 0.176. The highest BCUT2D eigenvalue weighted by atomic mass is 35.5. The fourth-order valence-electron chi connectivity index (χ4n) is 2.32. The van der Waals surface area contributed by atoms with Crippen molar-refractivity contribution in [1.29, 1.82) is 0 Å². The van der Waals surface area contributed by atoms with E-state index >= 15 is 0 Å². The van der Waals surface area contributed by atoms with E-state index in [9.17, 15) is 0 Å². The highest BCUT2D eigenvalue weighted by Crippen LogP contribution is 2.25. The van der Waals surface area contributed by atoms with Gasteiger partial charge in [0, 0.05) is 17.4 Å². The molecule has 2 aromatic heterocycles. The van der Waals surface area contributed by atoms with Crippen LogP contribution in [0.1, 0.15) is 18.9 Å². The van der Waals surface area contributed by atoms with Crippen LogP contribution in [0.15, 0.2) is 48.8 Å². The molecule has 1 aromatic carbocycles. The lowest BCUT2D eigenvalue weighted by Crippen LogP contribution is -1.96. The van der Waals surface area contributed by atoms with Gasteiger partial charge in [0.15, 0.2) is 0 Å². The molecule has 0 spiro atoms. The zero-order chi connectivity index (χ0) is 15.5. The lowest BCUT2D eigenvalue weighted by atomic mass is 10.1. The van der Waals surface area contributed by atoms with Crippen molar-refractivity contribution in [2.75, 3.05) is 0 Å². The molecule has 5 heteroatoms. The van der Waals surface area contributed by atoms with E-state index in [1.165, 1.54) is 5.56 Å². The molecular weight excluding hydrogens is 317 g/mol. The second-order valence-corrected chi connectivity index (χ2v) is 5.88. The van der Waals surface area contributed by atoms with Crippen LogP contribution in [-0.4, -0.2) is 14.8 Å². The third-order valence-electron chi connectivity index (χ3n) is 3.37. The van der Waals surface area contributed by atoms with Crippen molar-refractivity contribution < 1.29 is 0 Å². The number of aryl methyl sites for hydroxylation is 1. The molecule has 112 valence electrons. The van der Waals surface area contributed by atoms with Crippen molar-refractivity contribution in [2.45, 2.75) is 19.8 Å². The number of nitrogens with zero attached hydrogens (tertiary/aromatic N) is 3. The van der Waals surface area contributed by atoms with E-state index in [-0.39, 0.29) is 0 Å². The fourth-order valence-corrected chi connectivity index (χ4v) is 2.82. The quantitative estimate of drug-likeness (QED) is 0.658. The SMILES string of the molecule is CCCc1ccnc(-c2ccn(-c3ccc(Cl)cc3Cl)n2)c1. The summed E-state index contributed by atoms with van der Waals surface area (Å²) < 4.78 is 1.74. The molecule has 0 unspecified atom stereocenters. The first-order valence-corrected chi connectivity index (χ1v) is 7.89. The van der Waals surface area contributed by atoms with Gasteiger partial charge in [0.25, 0.3) is 0 Å². The van der Waals surface area contributed by atoms with Gasteiger partial charge in [0.05, 0.1) is 16.4 Å². The van der Waals surface area contributed by atoms with Crippen molar-refractivity contribution in [3.05, 3.63) is 64.4 Å². The minimum atomic E-state index is 0.565. The third-order valence-corrected chi connectivity index (χ3v) is 3.91. The van der Waals surface area contributed by atoms with E-state index in [1.54, 1.807) is 16.8 Å². The summed E-state index contributed by atoms with van der Waals surface area (Å²) in [5.74, 6) is 0. The van der Waals surface area contributed by atoms with Crippen LogP contribution < -0.4 is 0 Å². The van der Waals surface area contributed by atoms with Crippen LogP contribution in [0.5, 0.6) is 0 Å². The topological polar surface area (TPSA) is 30.7 Å². The van der Waals surface area contributed by atoms with E-state index in [0.29, 0.717) is 10.0 Å². The highest BCUT2D eigenvalue weighted by molar-refractivity contribution is 6.35. The maximum Gasteiger partial charge on any atom is 0.111 e. The summed E-state index contributed by atoms with van der Waals surface area (Å²) >= 11 is 12.2. The average molecular weight is 332 g/mol. The summed E-state index contributed by atoms with van der Waals surface area (Å²) in [5, 5.41) is 5.74. The predicted molar refractivity (Wildman–Crippen MR) is 90.8 cm³/mol. The number of halogens is 2. The zero-order valence-electron chi connectivity index (χ0n) is 12.1. The van der Waals surface area contributed by atoms with Gasteiger partial charge >= 0.3 is 0 Å². The molecule has 2 heterocycles. The number of aromatic nitrogens is 3. The molecule has 22 heavy (non-hydrogen) atoms. The maximum absolute atomic E-state index is 6.22. The first kappa shape index (κ1) is 15.1. The van der Waals surface area contributed by atoms with Crippen LogP contribution >= 0.6 is 23.2 Å². The Hall–Kier alpha value is -1.84. The van der Waals surface area contributed by atoms with E-state index in [0.717, 1.165) is 29.9 Å². The number of benzene rings is 1. The van der Waals surface area contributed by atoms with Crippen LogP contribution in [0.3, 0.4) is 0 Å². The van der Waals surface area contributed by atoms with E-state index in [4.69, 9.17) is 23.2 Å². The molecule has 0 aliphatic carbocycles. The maximum atomic E-state index is 6.22. The van der Waals surface area contributed by atoms with E-state index in [2.05, 4.69) is 23.1 Å². The summed E-state index contributed by atoms with van der Waals surface area (Å²) in [6.45, 7) is 2.16. The molecule has 0 aliphatic heterocycles. The monoisotopic (exact) mass is 331 g/mol. The Morgan fingerprint density at radius 2 is 1.91 bits per heavy atom. The van der Waals surface area contributed by atoms with Gasteiger partial charge < -0.3 is 0 Å². The first-order valence-electron chi connectivity index (χ1n) is 7.14. The number of rotatable bonds is 4. The first-order chi connectivity index (χ1) is 10.7. The van der Waals surface area contributed by atoms with Crippen LogP contribution in [0.25, 0.3) is 17.1 Å². The molecule has 0 bridgehead atoms. The molecule has 0 amide bonds. The Labute approximate surface area is 139 Å². The van der Waals surface area contributed by atoms with Gasteiger partial charge in [-0.25, -0.2) is 4.68 Å². The molecule has 0 N–H and O–H groups in total. The zero-order valence-corrected chi connectivity index (χ0v) is 13.6. The van der Waals surface area contributed by atoms with Crippen molar-refractivity contribution in [3.8, 4) is 17.1 Å². The smallest absolute Gasteiger partial charge is 0.111 e. The molecule has 0 atom stereocenters. The van der Waals surface area contributed by atoms with E-state index < -0.39 is 0 Å². The molecule has 3 rings (SSSR count). The lowest BCUT2D eigenvalue weighted by Gasteiger charge is -2.05. The molecule has 3 aromatic rings. The van der Waals surface area contributed by atoms with Crippen LogP contribution in [-0.2, 0) is 6.42 Å². The second-order valence-electron chi connectivity index (χ2n) is 5.04. The van der Waals surface area contributed by atoms with Gasteiger partial charge in [-0.15, -0.1) is 0 Å². The Balaban J connectivity index is 1.95. The number of hydrogen-bond donors (Lipinski definition) is 0. The molecule has 0 fully saturated rings. The van der Waals surface area contributed by atoms with Crippen molar-refractivity contribution in [2.24, 2.45) is 0 Å². The molecule has 0 saturated carbocycles. The summed E-state index contributed by atoms with van der Waals surface area (Å²) in [4.78, 5) is 4.41. The Kier molecular flexibility index (Phi) is 4.46. The van der Waals surface area contributed by atoms with Gasteiger partial charge in [-0.05, 0) is 48.4 Å². The third kappa shape index (κ3) is 3.16. The predicted octanol–water partition coefficient (Wildman–Crippen LogP) is 5.19. The molecule has 0 radical (unpaired) electrons. The average Bonchev–Trinajstić information content (AvgIpc) is 2.97. The minimum absolute atomic E-state index is 0.565. The number of hydrogen-bond acceptors (Lipinski definition) is 2. The Morgan fingerprint density at radius 1 is 1.05 bits per heavy atom. The summed E-state index contributed by atoms with van der Waals surface area (Å²) in [6, 6.07) is 11.4. The Bertz CT molecular complexity index is 796. The van der Waals surface area contributed by atoms with Crippen LogP contribution in [0.4, 0.5) is 0 Å². The minimum Gasteiger partial charge on any atom is -0.255 e. The second kappa shape index (κ2) is 6.51. The van der Waals surface area contributed by atoms with Gasteiger partial charge in [-0.2, -0.15) is 5.10 Å². The summed E-state index contributed by atoms with van der Waals surface area (Å²) in [6.07, 6.45) is 5.85. The van der Waals surface area contributed by atoms with Crippen LogP contribution in [0.2, 0.25) is 10.0 Å². The molecule has 3 nitrogen and oxygen atoms in total. The normalized spacial score (nSPS) is 10.9. The van der Waals surface area contributed by atoms with E-state index in [1.807, 2.05) is 30.6 Å². The van der Waals surface area contributed by atoms with Gasteiger partial charge in [0.2, 0.25) is 0 Å². The molecule has 0 aliphatic rings. The largest absolute Gasteiger partial charge is 0.255 e. The van der Waals surface area contributed by atoms with Crippen molar-refractivity contribution in [1.82, 2.24) is 14.8 Å². The summed E-state index contributed by atoms with van der Waals surface area (Å²) in [7, 11) is 0. The van der Waals surface area contributed by atoms with Gasteiger partial charge in [0.1, 0.15) is 5.69 Å². The van der Waals surface area contributed by atoms with Crippen molar-refractivity contribution in [3.63, 3.8) is 0 Å². The van der Waals surface area contributed by atoms with Gasteiger partial charge in [-0.1, -0.05) is 36.5 Å². The molecular formula is C17H15Cl2N3. The van der Waals surface area contributed by atoms with Crippen LogP contribution in [0, 0.1) is 0 Å². The summed E-state index contributed by atoms with van der Waals surface area (Å²) in [5.41, 5.74) is 3.76. The standard InChI is InChI=1S/C17H15Cl2N3/c1-2-3-12-6-8-20-16(10-12)15-7-9-22(21-15)17-5-4-13(18)11-14(17)19/h4-11H,2-3H2,1H3. The highest BCUT2D eigenvalue weighted by Gasteiger charge is 2.08. The Morgan fingerprint density at radius 3 is 2.68 bits per heavy atom. The molecule has 0 saturated heterocycles. The number of pyridine rings is 1.